The molecule has 0 aliphatic heterocycles. The van der Waals surface area contributed by atoms with Crippen LogP contribution in [0.25, 0.3) is 98.4 Å². The summed E-state index contributed by atoms with van der Waals surface area (Å²) in [5.41, 5.74) is 10.0. The average molecular weight is 633 g/mol. The first kappa shape index (κ1) is 28.5. The lowest BCUT2D eigenvalue weighted by atomic mass is 9.80. The fourth-order valence-corrected chi connectivity index (χ4v) is 8.32. The lowest BCUT2D eigenvalue weighted by Crippen LogP contribution is -1.95. The molecule has 10 aromatic carbocycles. The van der Waals surface area contributed by atoms with Gasteiger partial charge in [0.25, 0.3) is 0 Å². The average Bonchev–Trinajstić information content (AvgIpc) is 3.19. The normalized spacial score (nSPS) is 11.6. The Morgan fingerprint density at radius 1 is 0.180 bits per heavy atom. The highest BCUT2D eigenvalue weighted by molar-refractivity contribution is 6.28. The zero-order valence-corrected chi connectivity index (χ0v) is 27.5. The summed E-state index contributed by atoms with van der Waals surface area (Å²) in [5, 5.41) is 12.6. The first-order chi connectivity index (χ1) is 24.8. The Hall–Kier alpha value is -6.50. The summed E-state index contributed by atoms with van der Waals surface area (Å²) in [6.07, 6.45) is 0. The molecule has 10 rings (SSSR count). The molecule has 0 radical (unpaired) electrons. The third kappa shape index (κ3) is 4.39. The topological polar surface area (TPSA) is 0 Å². The van der Waals surface area contributed by atoms with Gasteiger partial charge in [0, 0.05) is 0 Å². The monoisotopic (exact) mass is 632 g/mol. The molecule has 0 fully saturated rings. The Balaban J connectivity index is 1.42. The minimum Gasteiger partial charge on any atom is -0.0616 e. The maximum atomic E-state index is 2.34. The number of hydrogen-bond donors (Lipinski definition) is 0. The molecule has 0 saturated carbocycles. The molecule has 0 saturated heterocycles. The summed E-state index contributed by atoms with van der Waals surface area (Å²) < 4.78 is 0. The summed E-state index contributed by atoms with van der Waals surface area (Å²) >= 11 is 0. The number of fused-ring (bicyclic) bond motifs is 5. The molecule has 0 aromatic heterocycles. The van der Waals surface area contributed by atoms with Gasteiger partial charge in [0.15, 0.2) is 0 Å². The Morgan fingerprint density at radius 3 is 1.12 bits per heavy atom. The Morgan fingerprint density at radius 2 is 0.520 bits per heavy atom. The van der Waals surface area contributed by atoms with Gasteiger partial charge in [-0.15, -0.1) is 0 Å². The van der Waals surface area contributed by atoms with Gasteiger partial charge in [-0.3, -0.25) is 0 Å². The Bertz CT molecular complexity index is 2910. The minimum absolute atomic E-state index is 1.24. The van der Waals surface area contributed by atoms with E-state index in [1.165, 1.54) is 98.4 Å². The van der Waals surface area contributed by atoms with Crippen LogP contribution in [-0.4, -0.2) is 0 Å². The maximum absolute atomic E-state index is 2.34. The first-order valence-electron chi connectivity index (χ1n) is 17.4. The predicted octanol–water partition coefficient (Wildman–Crippen LogP) is 14.1. The van der Waals surface area contributed by atoms with Crippen molar-refractivity contribution < 1.29 is 0 Å². The van der Waals surface area contributed by atoms with Crippen LogP contribution in [-0.2, 0) is 0 Å². The molecule has 50 heavy (non-hydrogen) atoms. The van der Waals surface area contributed by atoms with Crippen LogP contribution in [0.15, 0.2) is 194 Å². The highest BCUT2D eigenvalue weighted by Crippen LogP contribution is 2.50. The molecule has 232 valence electrons. The highest BCUT2D eigenvalue weighted by Gasteiger charge is 2.23. The number of rotatable bonds is 4. The molecule has 0 N–H and O–H groups in total. The third-order valence-corrected chi connectivity index (χ3v) is 10.5. The van der Waals surface area contributed by atoms with E-state index in [1.54, 1.807) is 0 Å². The molecule has 10 aromatic rings. The summed E-state index contributed by atoms with van der Waals surface area (Å²) in [5.74, 6) is 0. The second kappa shape index (κ2) is 11.6. The fraction of sp³-hybridized carbons (Fsp3) is 0. The second-order valence-corrected chi connectivity index (χ2v) is 13.1. The molecular formula is C50H32. The van der Waals surface area contributed by atoms with E-state index in [0.29, 0.717) is 0 Å². The predicted molar refractivity (Wildman–Crippen MR) is 216 cm³/mol. The van der Waals surface area contributed by atoms with Gasteiger partial charge in [-0.25, -0.2) is 0 Å². The van der Waals surface area contributed by atoms with Crippen LogP contribution in [0.4, 0.5) is 0 Å². The van der Waals surface area contributed by atoms with Crippen LogP contribution in [0, 0.1) is 0 Å². The SMILES string of the molecule is c1ccc(-c2c3ccccc3c(-c3cccc4ccccc34)c3cccc(-c4cccc5ccccc45)c23)c(-c2cccc3ccccc23)c1. The van der Waals surface area contributed by atoms with Crippen LogP contribution in [0.2, 0.25) is 0 Å². The van der Waals surface area contributed by atoms with Gasteiger partial charge in [0.1, 0.15) is 0 Å². The molecule has 0 amide bonds. The van der Waals surface area contributed by atoms with E-state index in [2.05, 4.69) is 194 Å². The summed E-state index contributed by atoms with van der Waals surface area (Å²) in [6.45, 7) is 0. The van der Waals surface area contributed by atoms with Crippen molar-refractivity contribution in [3.63, 3.8) is 0 Å². The second-order valence-electron chi connectivity index (χ2n) is 13.1. The summed E-state index contributed by atoms with van der Waals surface area (Å²) in [6, 6.07) is 71.4. The molecule has 0 spiro atoms. The van der Waals surface area contributed by atoms with E-state index in [1.807, 2.05) is 0 Å². The first-order valence-corrected chi connectivity index (χ1v) is 17.4. The zero-order chi connectivity index (χ0) is 33.0. The Kier molecular flexibility index (Phi) is 6.60. The van der Waals surface area contributed by atoms with E-state index < -0.39 is 0 Å². The maximum Gasteiger partial charge on any atom is -0.00137 e. The largest absolute Gasteiger partial charge is 0.0616 e. The lowest BCUT2D eigenvalue weighted by Gasteiger charge is -2.23. The van der Waals surface area contributed by atoms with Crippen LogP contribution < -0.4 is 0 Å². The van der Waals surface area contributed by atoms with E-state index in [0.717, 1.165) is 0 Å². The van der Waals surface area contributed by atoms with Crippen LogP contribution in [0.5, 0.6) is 0 Å². The molecule has 0 heteroatoms. The molecule has 0 aliphatic rings. The Labute approximate surface area is 291 Å². The minimum atomic E-state index is 1.24. The molecule has 0 nitrogen and oxygen atoms in total. The summed E-state index contributed by atoms with van der Waals surface area (Å²) in [7, 11) is 0. The lowest BCUT2D eigenvalue weighted by molar-refractivity contribution is 1.62. The molecule has 0 atom stereocenters. The van der Waals surface area contributed by atoms with Gasteiger partial charge in [-0.1, -0.05) is 194 Å². The van der Waals surface area contributed by atoms with Crippen molar-refractivity contribution in [2.45, 2.75) is 0 Å². The third-order valence-electron chi connectivity index (χ3n) is 10.5. The molecule has 0 aliphatic carbocycles. The van der Waals surface area contributed by atoms with Gasteiger partial charge < -0.3 is 0 Å². The van der Waals surface area contributed by atoms with Gasteiger partial charge in [0.05, 0.1) is 0 Å². The fourth-order valence-electron chi connectivity index (χ4n) is 8.32. The van der Waals surface area contributed by atoms with Crippen molar-refractivity contribution in [3.8, 4) is 44.5 Å². The number of hydrogen-bond acceptors (Lipinski definition) is 0. The van der Waals surface area contributed by atoms with E-state index >= 15 is 0 Å². The molecule has 0 heterocycles. The van der Waals surface area contributed by atoms with Crippen LogP contribution >= 0.6 is 0 Å². The number of benzene rings is 10. The standard InChI is InChI=1S/C50H32/c1-4-21-36-33(15-1)18-11-28-39(36)41-24-7-8-25-43(41)49-46-27-10-9-26-45(46)48(42-30-13-20-35-17-3-6-23-38(35)42)47-32-14-31-44(50(47)49)40-29-12-19-34-16-2-5-22-37(34)40/h1-32H. The van der Waals surface area contributed by atoms with Gasteiger partial charge in [0.2, 0.25) is 0 Å². The quantitative estimate of drug-likeness (QED) is 0.169. The van der Waals surface area contributed by atoms with Crippen LogP contribution in [0.1, 0.15) is 0 Å². The van der Waals surface area contributed by atoms with Gasteiger partial charge in [-0.2, -0.15) is 0 Å². The smallest absolute Gasteiger partial charge is 0.00137 e. The van der Waals surface area contributed by atoms with E-state index in [9.17, 15) is 0 Å². The van der Waals surface area contributed by atoms with Gasteiger partial charge in [-0.05, 0) is 98.4 Å². The molecular weight excluding hydrogens is 601 g/mol. The zero-order valence-electron chi connectivity index (χ0n) is 27.5. The van der Waals surface area contributed by atoms with Gasteiger partial charge >= 0.3 is 0 Å². The highest BCUT2D eigenvalue weighted by atomic mass is 14.3. The van der Waals surface area contributed by atoms with E-state index in [-0.39, 0.29) is 0 Å². The van der Waals surface area contributed by atoms with E-state index in [4.69, 9.17) is 0 Å². The van der Waals surface area contributed by atoms with Crippen molar-refractivity contribution in [2.75, 3.05) is 0 Å². The van der Waals surface area contributed by atoms with Crippen molar-refractivity contribution in [2.24, 2.45) is 0 Å². The molecule has 0 bridgehead atoms. The van der Waals surface area contributed by atoms with Crippen molar-refractivity contribution >= 4 is 53.9 Å². The van der Waals surface area contributed by atoms with Crippen molar-refractivity contribution in [1.29, 1.82) is 0 Å². The summed E-state index contributed by atoms with van der Waals surface area (Å²) in [4.78, 5) is 0. The molecule has 0 unspecified atom stereocenters. The van der Waals surface area contributed by atoms with Crippen molar-refractivity contribution in [3.05, 3.63) is 194 Å². The van der Waals surface area contributed by atoms with Crippen molar-refractivity contribution in [1.82, 2.24) is 0 Å². The van der Waals surface area contributed by atoms with Crippen LogP contribution in [0.3, 0.4) is 0 Å².